The first-order chi connectivity index (χ1) is 12.5. The van der Waals surface area contributed by atoms with Gasteiger partial charge in [-0.2, -0.15) is 0 Å². The number of rotatable bonds is 5. The minimum atomic E-state index is -0.168. The van der Waals surface area contributed by atoms with Crippen molar-refractivity contribution in [2.24, 2.45) is 0 Å². The van der Waals surface area contributed by atoms with E-state index in [1.807, 2.05) is 25.1 Å². The predicted molar refractivity (Wildman–Crippen MR) is 104 cm³/mol. The molecule has 0 bridgehead atoms. The van der Waals surface area contributed by atoms with Crippen LogP contribution in [0.2, 0.25) is 0 Å². The molecule has 1 amide bonds. The fraction of sp³-hybridized carbons (Fsp3) is 0.450. The van der Waals surface area contributed by atoms with E-state index in [9.17, 15) is 4.79 Å². The number of aromatic nitrogens is 2. The number of amides is 1. The Labute approximate surface area is 155 Å². The molecule has 26 heavy (non-hydrogen) atoms. The number of hydrogen-bond acceptors (Lipinski definition) is 5. The van der Waals surface area contributed by atoms with Crippen LogP contribution in [0, 0.1) is 0 Å². The first-order valence-corrected chi connectivity index (χ1v) is 9.21. The molecule has 2 aromatic rings. The summed E-state index contributed by atoms with van der Waals surface area (Å²) in [6, 6.07) is 9.75. The number of benzene rings is 1. The van der Waals surface area contributed by atoms with Crippen LogP contribution in [0.25, 0.3) is 0 Å². The molecule has 0 spiro atoms. The van der Waals surface area contributed by atoms with Gasteiger partial charge in [0.1, 0.15) is 0 Å². The summed E-state index contributed by atoms with van der Waals surface area (Å²) in [6.45, 7) is 9.58. The van der Waals surface area contributed by atoms with Gasteiger partial charge in [-0.1, -0.05) is 26.0 Å². The van der Waals surface area contributed by atoms with Crippen LogP contribution < -0.4 is 10.2 Å². The molecule has 1 atom stereocenters. The van der Waals surface area contributed by atoms with E-state index >= 15 is 0 Å². The molecule has 1 aromatic heterocycles. The molecule has 1 aromatic carbocycles. The summed E-state index contributed by atoms with van der Waals surface area (Å²) in [6.07, 6.45) is 3.52. The molecular formula is C20H27N5O. The van der Waals surface area contributed by atoms with E-state index in [0.29, 0.717) is 5.92 Å². The average Bonchev–Trinajstić information content (AvgIpc) is 2.68. The molecular weight excluding hydrogens is 326 g/mol. The van der Waals surface area contributed by atoms with Crippen molar-refractivity contribution in [3.8, 4) is 0 Å². The van der Waals surface area contributed by atoms with Gasteiger partial charge >= 0.3 is 0 Å². The lowest BCUT2D eigenvalue weighted by atomic mass is 10.0. The molecule has 3 rings (SSSR count). The Bertz CT molecular complexity index is 709. The molecule has 6 nitrogen and oxygen atoms in total. The van der Waals surface area contributed by atoms with Gasteiger partial charge < -0.3 is 10.2 Å². The Morgan fingerprint density at radius 1 is 1.00 bits per heavy atom. The van der Waals surface area contributed by atoms with Gasteiger partial charge in [0.2, 0.25) is 11.9 Å². The first-order valence-electron chi connectivity index (χ1n) is 9.21. The molecule has 138 valence electrons. The Balaban J connectivity index is 1.53. The minimum absolute atomic E-state index is 0.0340. The third-order valence-corrected chi connectivity index (χ3v) is 4.92. The topological polar surface area (TPSA) is 61.4 Å². The maximum Gasteiger partial charge on any atom is 0.241 e. The SMILES string of the molecule is CC(C)c1ccc(NC(=O)[C@@H](C)N2CCN(c3ncccn3)CC2)cc1. The maximum atomic E-state index is 12.6. The fourth-order valence-electron chi connectivity index (χ4n) is 3.13. The zero-order chi connectivity index (χ0) is 18.5. The third-order valence-electron chi connectivity index (χ3n) is 4.92. The molecule has 1 fully saturated rings. The number of carbonyl (C=O) groups excluding carboxylic acids is 1. The number of hydrogen-bond donors (Lipinski definition) is 1. The van der Waals surface area contributed by atoms with E-state index in [1.165, 1.54) is 5.56 Å². The molecule has 0 saturated carbocycles. The maximum absolute atomic E-state index is 12.6. The molecule has 1 aliphatic heterocycles. The van der Waals surface area contributed by atoms with E-state index in [2.05, 4.69) is 51.1 Å². The second-order valence-corrected chi connectivity index (χ2v) is 7.01. The Kier molecular flexibility index (Phi) is 5.83. The summed E-state index contributed by atoms with van der Waals surface area (Å²) in [7, 11) is 0. The van der Waals surface area contributed by atoms with Gasteiger partial charge in [0.15, 0.2) is 0 Å². The molecule has 1 N–H and O–H groups in total. The van der Waals surface area contributed by atoms with Crippen LogP contribution in [0.4, 0.5) is 11.6 Å². The van der Waals surface area contributed by atoms with Crippen LogP contribution in [-0.2, 0) is 4.79 Å². The summed E-state index contributed by atoms with van der Waals surface area (Å²) < 4.78 is 0. The fourth-order valence-corrected chi connectivity index (χ4v) is 3.13. The minimum Gasteiger partial charge on any atom is -0.338 e. The normalized spacial score (nSPS) is 16.5. The summed E-state index contributed by atoms with van der Waals surface area (Å²) in [4.78, 5) is 25.6. The highest BCUT2D eigenvalue weighted by molar-refractivity contribution is 5.94. The Morgan fingerprint density at radius 2 is 1.62 bits per heavy atom. The number of carbonyl (C=O) groups is 1. The molecule has 2 heterocycles. The molecule has 1 aliphatic rings. The van der Waals surface area contributed by atoms with Crippen LogP contribution in [0.15, 0.2) is 42.7 Å². The van der Waals surface area contributed by atoms with Gasteiger partial charge in [-0.05, 0) is 36.6 Å². The highest BCUT2D eigenvalue weighted by atomic mass is 16.2. The predicted octanol–water partition coefficient (Wildman–Crippen LogP) is 2.75. The monoisotopic (exact) mass is 353 g/mol. The van der Waals surface area contributed by atoms with Gasteiger partial charge in [0.25, 0.3) is 0 Å². The van der Waals surface area contributed by atoms with Crippen LogP contribution >= 0.6 is 0 Å². The molecule has 6 heteroatoms. The molecule has 1 saturated heterocycles. The second-order valence-electron chi connectivity index (χ2n) is 7.01. The van der Waals surface area contributed by atoms with Gasteiger partial charge in [-0.3, -0.25) is 9.69 Å². The van der Waals surface area contributed by atoms with Crippen molar-refractivity contribution in [3.05, 3.63) is 48.3 Å². The van der Waals surface area contributed by atoms with E-state index in [0.717, 1.165) is 37.8 Å². The summed E-state index contributed by atoms with van der Waals surface area (Å²) in [5.41, 5.74) is 2.12. The van der Waals surface area contributed by atoms with Crippen molar-refractivity contribution in [1.82, 2.24) is 14.9 Å². The third kappa shape index (κ3) is 4.38. The molecule has 0 aliphatic carbocycles. The largest absolute Gasteiger partial charge is 0.338 e. The first kappa shape index (κ1) is 18.3. The number of anilines is 2. The van der Waals surface area contributed by atoms with Gasteiger partial charge in [-0.15, -0.1) is 0 Å². The molecule has 0 radical (unpaired) electrons. The van der Waals surface area contributed by atoms with E-state index in [-0.39, 0.29) is 11.9 Å². The second kappa shape index (κ2) is 8.27. The van der Waals surface area contributed by atoms with Crippen molar-refractivity contribution in [2.75, 3.05) is 36.4 Å². The Hall–Kier alpha value is -2.47. The number of nitrogens with zero attached hydrogens (tertiary/aromatic N) is 4. The van der Waals surface area contributed by atoms with Gasteiger partial charge in [-0.25, -0.2) is 9.97 Å². The van der Waals surface area contributed by atoms with E-state index in [4.69, 9.17) is 0 Å². The van der Waals surface area contributed by atoms with Crippen molar-refractivity contribution >= 4 is 17.5 Å². The van der Waals surface area contributed by atoms with E-state index < -0.39 is 0 Å². The van der Waals surface area contributed by atoms with Crippen LogP contribution in [0.1, 0.15) is 32.3 Å². The summed E-state index contributed by atoms with van der Waals surface area (Å²) in [5, 5.41) is 3.03. The lowest BCUT2D eigenvalue weighted by Gasteiger charge is -2.37. The quantitative estimate of drug-likeness (QED) is 0.896. The zero-order valence-electron chi connectivity index (χ0n) is 15.7. The van der Waals surface area contributed by atoms with Crippen LogP contribution in [-0.4, -0.2) is 53.0 Å². The van der Waals surface area contributed by atoms with Crippen molar-refractivity contribution < 1.29 is 4.79 Å². The average molecular weight is 353 g/mol. The number of nitrogens with one attached hydrogen (secondary N) is 1. The molecule has 0 unspecified atom stereocenters. The summed E-state index contributed by atoms with van der Waals surface area (Å²) in [5.74, 6) is 1.28. The smallest absolute Gasteiger partial charge is 0.241 e. The number of piperazine rings is 1. The van der Waals surface area contributed by atoms with Gasteiger partial charge in [0, 0.05) is 44.3 Å². The highest BCUT2D eigenvalue weighted by Gasteiger charge is 2.26. The highest BCUT2D eigenvalue weighted by Crippen LogP contribution is 2.18. The van der Waals surface area contributed by atoms with Crippen molar-refractivity contribution in [1.29, 1.82) is 0 Å². The summed E-state index contributed by atoms with van der Waals surface area (Å²) >= 11 is 0. The van der Waals surface area contributed by atoms with Crippen molar-refractivity contribution in [3.63, 3.8) is 0 Å². The zero-order valence-corrected chi connectivity index (χ0v) is 15.7. The lowest BCUT2D eigenvalue weighted by molar-refractivity contribution is -0.120. The van der Waals surface area contributed by atoms with Crippen LogP contribution in [0.3, 0.4) is 0 Å². The van der Waals surface area contributed by atoms with Crippen molar-refractivity contribution in [2.45, 2.75) is 32.7 Å². The van der Waals surface area contributed by atoms with Gasteiger partial charge in [0.05, 0.1) is 6.04 Å². The van der Waals surface area contributed by atoms with E-state index in [1.54, 1.807) is 12.4 Å². The Morgan fingerprint density at radius 3 is 2.19 bits per heavy atom. The standard InChI is InChI=1S/C20H27N5O/c1-15(2)17-5-7-18(8-6-17)23-19(26)16(3)24-11-13-25(14-12-24)20-21-9-4-10-22-20/h4-10,15-16H,11-14H2,1-3H3,(H,23,26)/t16-/m1/s1. The van der Waals surface area contributed by atoms with Crippen LogP contribution in [0.5, 0.6) is 0 Å². The lowest BCUT2D eigenvalue weighted by Crippen LogP contribution is -2.53.